The normalized spacial score (nSPS) is 10.9. The van der Waals surface area contributed by atoms with Gasteiger partial charge in [-0.25, -0.2) is 14.3 Å². The van der Waals surface area contributed by atoms with Gasteiger partial charge in [0.05, 0.1) is 37.5 Å². The van der Waals surface area contributed by atoms with Crippen molar-refractivity contribution in [2.24, 2.45) is 0 Å². The van der Waals surface area contributed by atoms with E-state index in [1.54, 1.807) is 48.8 Å². The van der Waals surface area contributed by atoms with Crippen molar-refractivity contribution in [2.75, 3.05) is 33.1 Å². The Hall–Kier alpha value is -4.21. The van der Waals surface area contributed by atoms with Crippen LogP contribution in [0.2, 0.25) is 0 Å². The summed E-state index contributed by atoms with van der Waals surface area (Å²) in [6.07, 6.45) is 0. The molecule has 4 aromatic rings. The molecule has 0 saturated carbocycles. The summed E-state index contributed by atoms with van der Waals surface area (Å²) >= 11 is 0. The number of aromatic amines is 1. The number of methoxy groups -OCH3 is 2. The molecule has 0 aliphatic heterocycles. The molecule has 0 aliphatic rings. The highest BCUT2D eigenvalue weighted by atomic mass is 16.5. The highest BCUT2D eigenvalue weighted by molar-refractivity contribution is 5.82. The summed E-state index contributed by atoms with van der Waals surface area (Å²) < 4.78 is 14.2. The van der Waals surface area contributed by atoms with E-state index in [9.17, 15) is 9.59 Å². The van der Waals surface area contributed by atoms with E-state index in [1.165, 1.54) is 6.92 Å². The molecular weight excluding hydrogens is 424 g/mol. The van der Waals surface area contributed by atoms with Gasteiger partial charge < -0.3 is 25.1 Å². The van der Waals surface area contributed by atoms with E-state index < -0.39 is 0 Å². The Balaban J connectivity index is 1.96. The van der Waals surface area contributed by atoms with Crippen LogP contribution in [0.25, 0.3) is 28.1 Å². The van der Waals surface area contributed by atoms with E-state index in [0.717, 1.165) is 11.0 Å². The van der Waals surface area contributed by atoms with Gasteiger partial charge in [0.25, 0.3) is 5.56 Å². The van der Waals surface area contributed by atoms with E-state index >= 15 is 0 Å². The third kappa shape index (κ3) is 4.14. The lowest BCUT2D eigenvalue weighted by Crippen LogP contribution is -2.31. The van der Waals surface area contributed by atoms with Crippen LogP contribution in [0.15, 0.2) is 47.3 Å². The van der Waals surface area contributed by atoms with E-state index in [2.05, 4.69) is 20.6 Å². The molecule has 0 radical (unpaired) electrons. The lowest BCUT2D eigenvalue weighted by atomic mass is 10.2. The number of imidazole rings is 1. The van der Waals surface area contributed by atoms with E-state index in [4.69, 9.17) is 9.47 Å². The number of para-hydroxylation sites is 2. The first-order valence-electron chi connectivity index (χ1n) is 10.4. The molecule has 3 N–H and O–H groups in total. The first-order chi connectivity index (χ1) is 16.0. The molecule has 0 spiro atoms. The van der Waals surface area contributed by atoms with Crippen LogP contribution in [0, 0.1) is 0 Å². The summed E-state index contributed by atoms with van der Waals surface area (Å²) in [5, 5.41) is 5.90. The minimum Gasteiger partial charge on any atom is -0.497 e. The number of hydrogen-bond acceptors (Lipinski definition) is 6. The Morgan fingerprint density at radius 1 is 1.12 bits per heavy atom. The second-order valence-electron chi connectivity index (χ2n) is 7.37. The second kappa shape index (κ2) is 9.11. The standard InChI is InChI=1S/C23H26N6O4/c1-14(30)25-9-10-28-23(31)20(21-26-18-7-5-6-8-19(18)27-21)22(24-2)29(28)15-11-16(32-3)13-17(12-15)33-4/h5-8,11-13,24H,9-10H2,1-4H3,(H,25,30)(H,26,27). The monoisotopic (exact) mass is 450 g/mol. The zero-order chi connectivity index (χ0) is 23.5. The molecule has 2 heterocycles. The molecule has 172 valence electrons. The zero-order valence-electron chi connectivity index (χ0n) is 18.9. The van der Waals surface area contributed by atoms with Crippen molar-refractivity contribution < 1.29 is 14.3 Å². The molecule has 10 nitrogen and oxygen atoms in total. The molecule has 2 aromatic carbocycles. The molecule has 0 bridgehead atoms. The number of carbonyl (C=O) groups excluding carboxylic acids is 1. The Bertz CT molecular complexity index is 1310. The van der Waals surface area contributed by atoms with Gasteiger partial charge in [-0.3, -0.25) is 9.59 Å². The number of nitrogens with zero attached hydrogens (tertiary/aromatic N) is 3. The first-order valence-corrected chi connectivity index (χ1v) is 10.4. The summed E-state index contributed by atoms with van der Waals surface area (Å²) in [7, 11) is 4.88. The van der Waals surface area contributed by atoms with Crippen molar-refractivity contribution >= 4 is 22.8 Å². The van der Waals surface area contributed by atoms with Crippen molar-refractivity contribution in [2.45, 2.75) is 13.5 Å². The number of carbonyl (C=O) groups is 1. The van der Waals surface area contributed by atoms with Crippen LogP contribution in [0.5, 0.6) is 11.5 Å². The number of fused-ring (bicyclic) bond motifs is 1. The van der Waals surface area contributed by atoms with Gasteiger partial charge in [0.2, 0.25) is 5.91 Å². The average Bonchev–Trinajstić information content (AvgIpc) is 3.36. The summed E-state index contributed by atoms with van der Waals surface area (Å²) in [6.45, 7) is 1.96. The summed E-state index contributed by atoms with van der Waals surface area (Å²) in [5.41, 5.74) is 2.37. The fourth-order valence-corrected chi connectivity index (χ4v) is 3.79. The van der Waals surface area contributed by atoms with E-state index in [-0.39, 0.29) is 24.6 Å². The third-order valence-corrected chi connectivity index (χ3v) is 5.28. The number of amides is 1. The number of anilines is 1. The average molecular weight is 450 g/mol. The van der Waals surface area contributed by atoms with Crippen LogP contribution in [0.4, 0.5) is 5.82 Å². The van der Waals surface area contributed by atoms with Crippen LogP contribution in [-0.2, 0) is 11.3 Å². The van der Waals surface area contributed by atoms with Gasteiger partial charge in [0.15, 0.2) is 0 Å². The minimum atomic E-state index is -0.259. The molecule has 2 aromatic heterocycles. The van der Waals surface area contributed by atoms with Crippen molar-refractivity contribution in [3.63, 3.8) is 0 Å². The highest BCUT2D eigenvalue weighted by Gasteiger charge is 2.25. The Labute approximate surface area is 190 Å². The molecule has 0 fully saturated rings. The van der Waals surface area contributed by atoms with Gasteiger partial charge in [-0.2, -0.15) is 0 Å². The molecular formula is C23H26N6O4. The second-order valence-corrected chi connectivity index (χ2v) is 7.37. The quantitative estimate of drug-likeness (QED) is 0.380. The number of ether oxygens (including phenoxy) is 2. The SMILES string of the molecule is CNc1c(-c2nc3ccccc3[nH]2)c(=O)n(CCNC(C)=O)n1-c1cc(OC)cc(OC)c1. The van der Waals surface area contributed by atoms with Gasteiger partial charge in [-0.05, 0) is 12.1 Å². The summed E-state index contributed by atoms with van der Waals surface area (Å²) in [6, 6.07) is 13.0. The van der Waals surface area contributed by atoms with Crippen molar-refractivity contribution in [3.8, 4) is 28.6 Å². The maximum Gasteiger partial charge on any atom is 0.280 e. The molecule has 0 unspecified atom stereocenters. The van der Waals surface area contributed by atoms with Gasteiger partial charge in [-0.1, -0.05) is 12.1 Å². The van der Waals surface area contributed by atoms with Gasteiger partial charge in [-0.15, -0.1) is 0 Å². The topological polar surface area (TPSA) is 115 Å². The predicted molar refractivity (Wildman–Crippen MR) is 126 cm³/mol. The molecule has 0 atom stereocenters. The van der Waals surface area contributed by atoms with Gasteiger partial charge in [0.1, 0.15) is 28.7 Å². The Morgan fingerprint density at radius 2 is 1.82 bits per heavy atom. The Morgan fingerprint density at radius 3 is 2.42 bits per heavy atom. The van der Waals surface area contributed by atoms with Crippen molar-refractivity contribution in [1.82, 2.24) is 24.6 Å². The molecule has 0 aliphatic carbocycles. The zero-order valence-corrected chi connectivity index (χ0v) is 18.9. The number of benzene rings is 2. The lowest BCUT2D eigenvalue weighted by molar-refractivity contribution is -0.119. The van der Waals surface area contributed by atoms with Crippen molar-refractivity contribution in [3.05, 3.63) is 52.8 Å². The third-order valence-electron chi connectivity index (χ3n) is 5.28. The molecule has 10 heteroatoms. The number of hydrogen-bond donors (Lipinski definition) is 3. The number of rotatable bonds is 8. The maximum absolute atomic E-state index is 13.7. The van der Waals surface area contributed by atoms with Crippen LogP contribution >= 0.6 is 0 Å². The Kier molecular flexibility index (Phi) is 6.07. The highest BCUT2D eigenvalue weighted by Crippen LogP contribution is 2.31. The minimum absolute atomic E-state index is 0.171. The van der Waals surface area contributed by atoms with E-state index in [1.807, 2.05) is 24.3 Å². The summed E-state index contributed by atoms with van der Waals surface area (Å²) in [5.74, 6) is 1.97. The van der Waals surface area contributed by atoms with Crippen molar-refractivity contribution in [1.29, 1.82) is 0 Å². The maximum atomic E-state index is 13.7. The molecule has 0 saturated heterocycles. The largest absolute Gasteiger partial charge is 0.497 e. The molecule has 4 rings (SSSR count). The number of aromatic nitrogens is 4. The fraction of sp³-hybridized carbons (Fsp3) is 0.261. The molecule has 33 heavy (non-hydrogen) atoms. The fourth-order valence-electron chi connectivity index (χ4n) is 3.79. The molecule has 1 amide bonds. The predicted octanol–water partition coefficient (Wildman–Crippen LogP) is 2.38. The lowest BCUT2D eigenvalue weighted by Gasteiger charge is -2.17. The van der Waals surface area contributed by atoms with Crippen LogP contribution in [0.1, 0.15) is 6.92 Å². The van der Waals surface area contributed by atoms with Crippen LogP contribution in [0.3, 0.4) is 0 Å². The van der Waals surface area contributed by atoms with Gasteiger partial charge in [0, 0.05) is 38.7 Å². The first kappa shape index (κ1) is 22.0. The summed E-state index contributed by atoms with van der Waals surface area (Å²) in [4.78, 5) is 33.0. The number of nitrogens with one attached hydrogen (secondary N) is 3. The van der Waals surface area contributed by atoms with E-state index in [0.29, 0.717) is 34.4 Å². The number of H-pyrrole nitrogens is 1. The smallest absolute Gasteiger partial charge is 0.280 e. The van der Waals surface area contributed by atoms with Crippen LogP contribution < -0.4 is 25.7 Å². The van der Waals surface area contributed by atoms with Gasteiger partial charge >= 0.3 is 0 Å². The van der Waals surface area contributed by atoms with Crippen LogP contribution in [-0.4, -0.2) is 53.1 Å².